The number of carbonyl (C=O) groups excluding carboxylic acids is 4. The molecular weight excluding hydrogens is 430 g/mol. The summed E-state index contributed by atoms with van der Waals surface area (Å²) in [5.41, 5.74) is -0.126. The molecule has 3 atom stereocenters. The molecule has 0 bridgehead atoms. The SMILES string of the molecule is CCCC[C@H](NC(=O)OC1C(=O)N(C(=O)O)CC1(C)C)C(=O)C(=O)N[C@H](C)c1ccccc1. The molecule has 33 heavy (non-hydrogen) atoms. The van der Waals surface area contributed by atoms with E-state index >= 15 is 0 Å². The van der Waals surface area contributed by atoms with Crippen molar-refractivity contribution in [3.8, 4) is 0 Å². The number of hydrogen-bond donors (Lipinski definition) is 3. The first-order valence-corrected chi connectivity index (χ1v) is 10.9. The molecule has 1 fully saturated rings. The summed E-state index contributed by atoms with van der Waals surface area (Å²) in [6.07, 6.45) is -2.32. The lowest BCUT2D eigenvalue weighted by Gasteiger charge is -2.25. The number of alkyl carbamates (subject to hydrolysis) is 1. The van der Waals surface area contributed by atoms with Gasteiger partial charge in [0.25, 0.3) is 11.8 Å². The molecule has 1 saturated heterocycles. The monoisotopic (exact) mass is 461 g/mol. The Kier molecular flexibility index (Phi) is 8.56. The van der Waals surface area contributed by atoms with Crippen LogP contribution in [0.25, 0.3) is 0 Å². The van der Waals surface area contributed by atoms with Crippen molar-refractivity contribution >= 4 is 29.8 Å². The number of amides is 4. The Labute approximate surface area is 192 Å². The quantitative estimate of drug-likeness (QED) is 0.480. The summed E-state index contributed by atoms with van der Waals surface area (Å²) in [4.78, 5) is 62.1. The smallest absolute Gasteiger partial charge is 0.414 e. The van der Waals surface area contributed by atoms with Crippen LogP contribution in [0.15, 0.2) is 30.3 Å². The van der Waals surface area contributed by atoms with Crippen molar-refractivity contribution in [2.75, 3.05) is 6.54 Å². The lowest BCUT2D eigenvalue weighted by atomic mass is 9.90. The Hall–Kier alpha value is -3.43. The summed E-state index contributed by atoms with van der Waals surface area (Å²) in [7, 11) is 0. The predicted molar refractivity (Wildman–Crippen MR) is 118 cm³/mol. The van der Waals surface area contributed by atoms with Gasteiger partial charge in [-0.1, -0.05) is 63.9 Å². The van der Waals surface area contributed by atoms with E-state index in [4.69, 9.17) is 9.84 Å². The van der Waals surface area contributed by atoms with Gasteiger partial charge in [-0.05, 0) is 18.9 Å². The minimum Gasteiger partial charge on any atom is -0.465 e. The van der Waals surface area contributed by atoms with E-state index in [0.29, 0.717) is 11.3 Å². The van der Waals surface area contributed by atoms with Gasteiger partial charge in [-0.3, -0.25) is 14.4 Å². The Morgan fingerprint density at radius 1 is 1.18 bits per heavy atom. The van der Waals surface area contributed by atoms with E-state index < -0.39 is 53.4 Å². The summed E-state index contributed by atoms with van der Waals surface area (Å²) < 4.78 is 5.22. The fourth-order valence-electron chi connectivity index (χ4n) is 3.63. The van der Waals surface area contributed by atoms with Crippen molar-refractivity contribution < 1.29 is 33.8 Å². The van der Waals surface area contributed by atoms with Gasteiger partial charge in [-0.2, -0.15) is 0 Å². The molecule has 1 aromatic carbocycles. The molecule has 0 spiro atoms. The van der Waals surface area contributed by atoms with Gasteiger partial charge in [0.1, 0.15) is 6.04 Å². The highest BCUT2D eigenvalue weighted by Crippen LogP contribution is 2.33. The van der Waals surface area contributed by atoms with Crippen molar-refractivity contribution in [3.63, 3.8) is 0 Å². The molecule has 10 heteroatoms. The molecule has 10 nitrogen and oxygen atoms in total. The molecule has 180 valence electrons. The Morgan fingerprint density at radius 3 is 2.36 bits per heavy atom. The maximum absolute atomic E-state index is 12.8. The van der Waals surface area contributed by atoms with E-state index in [1.807, 2.05) is 37.3 Å². The fraction of sp³-hybridized carbons (Fsp3) is 0.522. The van der Waals surface area contributed by atoms with Gasteiger partial charge in [0.15, 0.2) is 6.10 Å². The van der Waals surface area contributed by atoms with E-state index in [2.05, 4.69) is 10.6 Å². The number of rotatable bonds is 9. The van der Waals surface area contributed by atoms with Crippen molar-refractivity contribution in [1.82, 2.24) is 15.5 Å². The second-order valence-electron chi connectivity index (χ2n) is 8.79. The number of nitrogens with one attached hydrogen (secondary N) is 2. The van der Waals surface area contributed by atoms with Crippen molar-refractivity contribution in [3.05, 3.63) is 35.9 Å². The van der Waals surface area contributed by atoms with E-state index in [1.54, 1.807) is 20.8 Å². The van der Waals surface area contributed by atoms with Crippen LogP contribution >= 0.6 is 0 Å². The van der Waals surface area contributed by atoms with Crippen LogP contribution in [-0.4, -0.2) is 58.5 Å². The minimum atomic E-state index is -1.43. The molecule has 0 aliphatic carbocycles. The molecule has 1 heterocycles. The highest BCUT2D eigenvalue weighted by atomic mass is 16.6. The number of ketones is 1. The topological polar surface area (TPSA) is 142 Å². The normalized spacial score (nSPS) is 18.8. The number of benzene rings is 1. The molecule has 2 rings (SSSR count). The molecule has 0 radical (unpaired) electrons. The summed E-state index contributed by atoms with van der Waals surface area (Å²) in [6.45, 7) is 6.72. The van der Waals surface area contributed by atoms with Gasteiger partial charge in [0.2, 0.25) is 5.78 Å². The fourth-order valence-corrected chi connectivity index (χ4v) is 3.63. The zero-order chi connectivity index (χ0) is 24.8. The van der Waals surface area contributed by atoms with Crippen LogP contribution in [-0.2, 0) is 19.1 Å². The number of carboxylic acid groups (broad SMARTS) is 1. The molecule has 1 aromatic rings. The number of nitrogens with zero attached hydrogens (tertiary/aromatic N) is 1. The number of imide groups is 1. The van der Waals surface area contributed by atoms with E-state index in [1.165, 1.54) is 0 Å². The zero-order valence-corrected chi connectivity index (χ0v) is 19.3. The number of Topliss-reactive ketones (excluding diaryl/α,β-unsaturated/α-hetero) is 1. The molecule has 1 aliphatic rings. The third-order valence-corrected chi connectivity index (χ3v) is 5.55. The molecule has 0 saturated carbocycles. The first-order chi connectivity index (χ1) is 15.5. The van der Waals surface area contributed by atoms with Crippen LogP contribution in [0, 0.1) is 5.41 Å². The first-order valence-electron chi connectivity index (χ1n) is 10.9. The lowest BCUT2D eigenvalue weighted by Crippen LogP contribution is -2.49. The number of carbonyl (C=O) groups is 5. The second kappa shape index (κ2) is 10.9. The molecule has 3 N–H and O–H groups in total. The van der Waals surface area contributed by atoms with Crippen LogP contribution in [0.1, 0.15) is 58.6 Å². The number of ether oxygens (including phenoxy) is 1. The van der Waals surface area contributed by atoms with Crippen LogP contribution in [0.5, 0.6) is 0 Å². The summed E-state index contributed by atoms with van der Waals surface area (Å²) in [5.74, 6) is -2.53. The Balaban J connectivity index is 2.06. The standard InChI is InChI=1S/C23H31N3O7/c1-5-6-12-16(17(27)19(28)24-14(2)15-10-8-7-9-11-15)25-21(30)33-18-20(29)26(22(31)32)13-23(18,3)4/h7-11,14,16,18H,5-6,12-13H2,1-4H3,(H,24,28)(H,25,30)(H,31,32)/t14-,16+,18?/m1/s1. The lowest BCUT2D eigenvalue weighted by molar-refractivity contribution is -0.139. The van der Waals surface area contributed by atoms with Gasteiger partial charge in [-0.25, -0.2) is 14.5 Å². The maximum Gasteiger partial charge on any atom is 0.414 e. The van der Waals surface area contributed by atoms with Crippen LogP contribution in [0.4, 0.5) is 9.59 Å². The van der Waals surface area contributed by atoms with E-state index in [9.17, 15) is 24.0 Å². The largest absolute Gasteiger partial charge is 0.465 e. The number of likely N-dealkylation sites (tertiary alicyclic amines) is 1. The van der Waals surface area contributed by atoms with Crippen molar-refractivity contribution in [1.29, 1.82) is 0 Å². The zero-order valence-electron chi connectivity index (χ0n) is 19.3. The van der Waals surface area contributed by atoms with E-state index in [-0.39, 0.29) is 13.0 Å². The third kappa shape index (κ3) is 6.53. The minimum absolute atomic E-state index is 0.128. The van der Waals surface area contributed by atoms with Crippen molar-refractivity contribution in [2.45, 2.75) is 65.1 Å². The van der Waals surface area contributed by atoms with Crippen molar-refractivity contribution in [2.24, 2.45) is 5.41 Å². The molecular formula is C23H31N3O7. The second-order valence-corrected chi connectivity index (χ2v) is 8.79. The van der Waals surface area contributed by atoms with E-state index in [0.717, 1.165) is 12.0 Å². The highest BCUT2D eigenvalue weighted by molar-refractivity contribution is 6.38. The predicted octanol–water partition coefficient (Wildman–Crippen LogP) is 2.63. The first kappa shape index (κ1) is 25.8. The van der Waals surface area contributed by atoms with Gasteiger partial charge >= 0.3 is 12.2 Å². The molecule has 1 aliphatic heterocycles. The average Bonchev–Trinajstić information content (AvgIpc) is 3.00. The highest BCUT2D eigenvalue weighted by Gasteiger charge is 2.51. The van der Waals surface area contributed by atoms with Gasteiger partial charge in [0.05, 0.1) is 6.04 Å². The van der Waals surface area contributed by atoms with Crippen LogP contribution in [0.2, 0.25) is 0 Å². The summed E-state index contributed by atoms with van der Waals surface area (Å²) in [6, 6.07) is 7.56. The molecule has 1 unspecified atom stereocenters. The molecule has 0 aromatic heterocycles. The third-order valence-electron chi connectivity index (χ3n) is 5.55. The van der Waals surface area contributed by atoms with Crippen LogP contribution < -0.4 is 10.6 Å². The Bertz CT molecular complexity index is 901. The van der Waals surface area contributed by atoms with Gasteiger partial charge in [0, 0.05) is 12.0 Å². The molecule has 4 amide bonds. The Morgan fingerprint density at radius 2 is 1.82 bits per heavy atom. The average molecular weight is 462 g/mol. The maximum atomic E-state index is 12.8. The summed E-state index contributed by atoms with van der Waals surface area (Å²) in [5, 5.41) is 14.2. The number of unbranched alkanes of at least 4 members (excludes halogenated alkanes) is 1. The van der Waals surface area contributed by atoms with Gasteiger partial charge in [-0.15, -0.1) is 0 Å². The summed E-state index contributed by atoms with van der Waals surface area (Å²) >= 11 is 0. The van der Waals surface area contributed by atoms with Crippen LogP contribution in [0.3, 0.4) is 0 Å². The number of hydrogen-bond acceptors (Lipinski definition) is 6. The van der Waals surface area contributed by atoms with Gasteiger partial charge < -0.3 is 20.5 Å².